The van der Waals surface area contributed by atoms with Crippen LogP contribution in [0.4, 0.5) is 4.79 Å². The summed E-state index contributed by atoms with van der Waals surface area (Å²) in [4.78, 5) is 33.6. The third-order valence-corrected chi connectivity index (χ3v) is 3.17. The number of esters is 2. The highest BCUT2D eigenvalue weighted by Crippen LogP contribution is 2.11. The summed E-state index contributed by atoms with van der Waals surface area (Å²) in [6, 6.07) is 0. The van der Waals surface area contributed by atoms with E-state index < -0.39 is 12.1 Å². The molecule has 132 valence electrons. The Morgan fingerprint density at radius 2 is 1.61 bits per heavy atom. The van der Waals surface area contributed by atoms with Gasteiger partial charge in [0.1, 0.15) is 6.61 Å². The first kappa shape index (κ1) is 20.9. The van der Waals surface area contributed by atoms with Gasteiger partial charge in [0, 0.05) is 6.08 Å². The summed E-state index contributed by atoms with van der Waals surface area (Å²) in [7, 11) is 0. The zero-order chi connectivity index (χ0) is 17.7. The van der Waals surface area contributed by atoms with Crippen LogP contribution in [-0.4, -0.2) is 44.4 Å². The second kappa shape index (κ2) is 12.5. The Kier molecular flexibility index (Phi) is 11.4. The molecule has 0 saturated heterocycles. The molecule has 1 unspecified atom stereocenters. The van der Waals surface area contributed by atoms with E-state index in [1.54, 1.807) is 0 Å². The fourth-order valence-electron chi connectivity index (χ4n) is 1.36. The van der Waals surface area contributed by atoms with Crippen molar-refractivity contribution in [1.29, 1.82) is 0 Å². The maximum absolute atomic E-state index is 11.6. The van der Waals surface area contributed by atoms with Crippen molar-refractivity contribution in [3.05, 3.63) is 12.7 Å². The van der Waals surface area contributed by atoms with Crippen molar-refractivity contribution >= 4 is 18.0 Å². The van der Waals surface area contributed by atoms with Crippen LogP contribution in [0.15, 0.2) is 12.7 Å². The van der Waals surface area contributed by atoms with E-state index >= 15 is 0 Å². The summed E-state index contributed by atoms with van der Waals surface area (Å²) >= 11 is 0. The van der Waals surface area contributed by atoms with Crippen LogP contribution in [0.25, 0.3) is 0 Å². The number of hydrogen-bond acceptors (Lipinski definition) is 6. The van der Waals surface area contributed by atoms with Crippen LogP contribution in [0.3, 0.4) is 0 Å². The molecule has 0 aromatic rings. The number of hydrogen-bond donors (Lipinski definition) is 1. The SMILES string of the molecule is C=CC(=O)OCCNC(=O)OCCCCOC(=O)C(C)C(C)C. The quantitative estimate of drug-likeness (QED) is 0.270. The minimum atomic E-state index is -0.579. The minimum Gasteiger partial charge on any atom is -0.465 e. The number of amides is 1. The van der Waals surface area contributed by atoms with Crippen molar-refractivity contribution in [2.24, 2.45) is 11.8 Å². The van der Waals surface area contributed by atoms with Crippen LogP contribution >= 0.6 is 0 Å². The molecule has 0 fully saturated rings. The van der Waals surface area contributed by atoms with Crippen LogP contribution in [0.2, 0.25) is 0 Å². The number of alkyl carbamates (subject to hydrolysis) is 1. The lowest BCUT2D eigenvalue weighted by Crippen LogP contribution is -2.28. The van der Waals surface area contributed by atoms with Gasteiger partial charge in [0.05, 0.1) is 25.7 Å². The molecule has 0 rings (SSSR count). The van der Waals surface area contributed by atoms with Crippen LogP contribution in [0.1, 0.15) is 33.6 Å². The Bertz CT molecular complexity index is 394. The molecule has 0 aliphatic rings. The summed E-state index contributed by atoms with van der Waals surface area (Å²) < 4.78 is 14.7. The normalized spacial score (nSPS) is 11.5. The summed E-state index contributed by atoms with van der Waals surface area (Å²) in [5.41, 5.74) is 0. The average molecular weight is 329 g/mol. The van der Waals surface area contributed by atoms with Crippen molar-refractivity contribution in [2.75, 3.05) is 26.4 Å². The molecule has 0 heterocycles. The van der Waals surface area contributed by atoms with E-state index in [2.05, 4.69) is 16.6 Å². The monoisotopic (exact) mass is 329 g/mol. The van der Waals surface area contributed by atoms with Gasteiger partial charge in [0.15, 0.2) is 0 Å². The van der Waals surface area contributed by atoms with E-state index in [0.717, 1.165) is 6.08 Å². The van der Waals surface area contributed by atoms with Gasteiger partial charge in [-0.3, -0.25) is 4.79 Å². The van der Waals surface area contributed by atoms with E-state index in [-0.39, 0.29) is 37.6 Å². The first-order valence-corrected chi connectivity index (χ1v) is 7.75. The Hall–Kier alpha value is -2.05. The highest BCUT2D eigenvalue weighted by Gasteiger charge is 2.17. The summed E-state index contributed by atoms with van der Waals surface area (Å²) in [6.07, 6.45) is 1.70. The van der Waals surface area contributed by atoms with Crippen molar-refractivity contribution in [1.82, 2.24) is 5.32 Å². The second-order valence-electron chi connectivity index (χ2n) is 5.34. The fraction of sp³-hybridized carbons (Fsp3) is 0.688. The molecule has 0 saturated carbocycles. The number of ether oxygens (including phenoxy) is 3. The largest absolute Gasteiger partial charge is 0.465 e. The van der Waals surface area contributed by atoms with Gasteiger partial charge in [-0.25, -0.2) is 9.59 Å². The first-order chi connectivity index (χ1) is 10.9. The van der Waals surface area contributed by atoms with Crippen LogP contribution in [0, 0.1) is 11.8 Å². The van der Waals surface area contributed by atoms with Crippen molar-refractivity contribution in [3.8, 4) is 0 Å². The van der Waals surface area contributed by atoms with Gasteiger partial charge in [0.25, 0.3) is 0 Å². The second-order valence-corrected chi connectivity index (χ2v) is 5.34. The highest BCUT2D eigenvalue weighted by molar-refractivity contribution is 5.81. The van der Waals surface area contributed by atoms with Crippen LogP contribution in [-0.2, 0) is 23.8 Å². The van der Waals surface area contributed by atoms with Crippen molar-refractivity contribution in [2.45, 2.75) is 33.6 Å². The van der Waals surface area contributed by atoms with E-state index in [0.29, 0.717) is 19.4 Å². The van der Waals surface area contributed by atoms with Gasteiger partial charge in [-0.1, -0.05) is 27.4 Å². The molecule has 23 heavy (non-hydrogen) atoms. The number of unbranched alkanes of at least 4 members (excludes halogenated alkanes) is 1. The number of carbonyl (C=O) groups is 3. The predicted molar refractivity (Wildman–Crippen MR) is 84.7 cm³/mol. The standard InChI is InChI=1S/C16H27NO6/c1-5-14(18)21-11-8-17-16(20)23-10-7-6-9-22-15(19)13(4)12(2)3/h5,12-13H,1,6-11H2,2-4H3,(H,17,20). The topological polar surface area (TPSA) is 90.9 Å². The van der Waals surface area contributed by atoms with Gasteiger partial charge < -0.3 is 19.5 Å². The Morgan fingerprint density at radius 3 is 2.17 bits per heavy atom. The Morgan fingerprint density at radius 1 is 1.00 bits per heavy atom. The summed E-state index contributed by atoms with van der Waals surface area (Å²) in [5.74, 6) is -0.610. The molecular formula is C16H27NO6. The maximum Gasteiger partial charge on any atom is 0.407 e. The summed E-state index contributed by atoms with van der Waals surface area (Å²) in [6.45, 7) is 9.81. The molecule has 0 aliphatic carbocycles. The molecule has 0 bridgehead atoms. The fourth-order valence-corrected chi connectivity index (χ4v) is 1.36. The molecule has 0 aromatic carbocycles. The molecule has 0 spiro atoms. The molecule has 0 aliphatic heterocycles. The van der Waals surface area contributed by atoms with E-state index in [4.69, 9.17) is 9.47 Å². The smallest absolute Gasteiger partial charge is 0.407 e. The van der Waals surface area contributed by atoms with Crippen LogP contribution < -0.4 is 5.32 Å². The lowest BCUT2D eigenvalue weighted by Gasteiger charge is -2.14. The Balaban J connectivity index is 3.50. The Labute approximate surface area is 137 Å². The molecular weight excluding hydrogens is 302 g/mol. The molecule has 7 heteroatoms. The number of nitrogens with one attached hydrogen (secondary N) is 1. The van der Waals surface area contributed by atoms with Gasteiger partial charge in [-0.05, 0) is 18.8 Å². The van der Waals surface area contributed by atoms with E-state index in [9.17, 15) is 14.4 Å². The van der Waals surface area contributed by atoms with Gasteiger partial charge in [0.2, 0.25) is 0 Å². The van der Waals surface area contributed by atoms with E-state index in [1.165, 1.54) is 0 Å². The molecule has 1 N–H and O–H groups in total. The lowest BCUT2D eigenvalue weighted by molar-refractivity contribution is -0.149. The summed E-state index contributed by atoms with van der Waals surface area (Å²) in [5, 5.41) is 2.44. The molecule has 1 amide bonds. The average Bonchev–Trinajstić information content (AvgIpc) is 2.53. The first-order valence-electron chi connectivity index (χ1n) is 7.75. The lowest BCUT2D eigenvalue weighted by atomic mass is 9.99. The maximum atomic E-state index is 11.6. The third kappa shape index (κ3) is 11.2. The van der Waals surface area contributed by atoms with E-state index in [1.807, 2.05) is 20.8 Å². The molecule has 0 aromatic heterocycles. The van der Waals surface area contributed by atoms with Gasteiger partial charge >= 0.3 is 18.0 Å². The van der Waals surface area contributed by atoms with Crippen molar-refractivity contribution < 1.29 is 28.6 Å². The third-order valence-electron chi connectivity index (χ3n) is 3.17. The van der Waals surface area contributed by atoms with Gasteiger partial charge in [-0.2, -0.15) is 0 Å². The van der Waals surface area contributed by atoms with Crippen LogP contribution in [0.5, 0.6) is 0 Å². The molecule has 1 atom stereocenters. The highest BCUT2D eigenvalue weighted by atomic mass is 16.6. The van der Waals surface area contributed by atoms with Crippen molar-refractivity contribution in [3.63, 3.8) is 0 Å². The predicted octanol–water partition coefficient (Wildman–Crippen LogP) is 2.06. The van der Waals surface area contributed by atoms with Gasteiger partial charge in [-0.15, -0.1) is 0 Å². The molecule has 7 nitrogen and oxygen atoms in total. The number of rotatable bonds is 11. The zero-order valence-electron chi connectivity index (χ0n) is 14.1. The minimum absolute atomic E-state index is 0.0595. The molecule has 0 radical (unpaired) electrons. The zero-order valence-corrected chi connectivity index (χ0v) is 14.1. The number of carbonyl (C=O) groups excluding carboxylic acids is 3.